The van der Waals surface area contributed by atoms with E-state index >= 15 is 0 Å². The van der Waals surface area contributed by atoms with Crippen molar-refractivity contribution in [3.05, 3.63) is 28.2 Å². The second-order valence-electron chi connectivity index (χ2n) is 3.96. The number of carbonyl (C=O) groups is 3. The minimum atomic E-state index is -1.09. The molecule has 2 amide bonds. The number of rotatable bonds is 4. The molecule has 0 spiro atoms. The molecule has 1 rings (SSSR count). The molecule has 0 aliphatic rings. The monoisotopic (exact) mass is 328 g/mol. The minimum Gasteiger partial charge on any atom is -0.478 e. The summed E-state index contributed by atoms with van der Waals surface area (Å²) in [5.41, 5.74) is 0.415. The summed E-state index contributed by atoms with van der Waals surface area (Å²) in [5, 5.41) is 11.4. The smallest absolute Gasteiger partial charge is 0.335 e. The molecule has 102 valence electrons. The maximum absolute atomic E-state index is 11.7. The van der Waals surface area contributed by atoms with E-state index in [9.17, 15) is 14.4 Å². The summed E-state index contributed by atoms with van der Waals surface area (Å²) in [6.07, 6.45) is 0. The molecule has 0 bridgehead atoms. The number of carbonyl (C=O) groups excluding carboxylic acids is 2. The van der Waals surface area contributed by atoms with E-state index in [1.807, 2.05) is 0 Å². The van der Waals surface area contributed by atoms with Crippen LogP contribution in [-0.2, 0) is 9.59 Å². The standard InChI is InChI=1S/C12H13BrN2O4/c1-7(16)15(2)6-11(17)14-10-4-8(12(18)19)3-9(13)5-10/h3-5H,6H2,1-2H3,(H,14,17)(H,18,19). The van der Waals surface area contributed by atoms with Gasteiger partial charge in [-0.05, 0) is 18.2 Å². The molecule has 0 fully saturated rings. The van der Waals surface area contributed by atoms with Crippen LogP contribution in [0.15, 0.2) is 22.7 Å². The number of carboxylic acids is 1. The van der Waals surface area contributed by atoms with E-state index in [1.54, 1.807) is 6.07 Å². The minimum absolute atomic E-state index is 0.0598. The second kappa shape index (κ2) is 6.33. The highest BCUT2D eigenvalue weighted by atomic mass is 79.9. The van der Waals surface area contributed by atoms with Gasteiger partial charge in [0.15, 0.2) is 0 Å². The summed E-state index contributed by atoms with van der Waals surface area (Å²) in [5.74, 6) is -1.71. The van der Waals surface area contributed by atoms with E-state index in [4.69, 9.17) is 5.11 Å². The average molecular weight is 329 g/mol. The molecule has 1 aromatic rings. The first-order chi connectivity index (χ1) is 8.79. The quantitative estimate of drug-likeness (QED) is 0.878. The zero-order chi connectivity index (χ0) is 14.6. The van der Waals surface area contributed by atoms with Gasteiger partial charge in [-0.3, -0.25) is 9.59 Å². The molecule has 7 heteroatoms. The lowest BCUT2D eigenvalue weighted by Crippen LogP contribution is -2.33. The normalized spacial score (nSPS) is 9.84. The van der Waals surface area contributed by atoms with Crippen LogP contribution in [0.25, 0.3) is 0 Å². The molecule has 1 aromatic carbocycles. The Hall–Kier alpha value is -1.89. The van der Waals surface area contributed by atoms with E-state index < -0.39 is 11.9 Å². The van der Waals surface area contributed by atoms with Crippen LogP contribution in [0.3, 0.4) is 0 Å². The Morgan fingerprint density at radius 3 is 2.47 bits per heavy atom. The molecule has 19 heavy (non-hydrogen) atoms. The Labute approximate surface area is 118 Å². The van der Waals surface area contributed by atoms with Gasteiger partial charge >= 0.3 is 5.97 Å². The molecule has 0 aliphatic heterocycles. The number of carboxylic acid groups (broad SMARTS) is 1. The highest BCUT2D eigenvalue weighted by Gasteiger charge is 2.11. The van der Waals surface area contributed by atoms with Crippen molar-refractivity contribution in [1.29, 1.82) is 0 Å². The number of likely N-dealkylation sites (N-methyl/N-ethyl adjacent to an activating group) is 1. The van der Waals surface area contributed by atoms with Gasteiger partial charge in [0.05, 0.1) is 12.1 Å². The van der Waals surface area contributed by atoms with Crippen molar-refractivity contribution >= 4 is 39.4 Å². The van der Waals surface area contributed by atoms with Crippen LogP contribution in [0.4, 0.5) is 5.69 Å². The Bertz CT molecular complexity index is 530. The number of hydrogen-bond acceptors (Lipinski definition) is 3. The molecule has 0 saturated carbocycles. The van der Waals surface area contributed by atoms with Crippen LogP contribution in [0, 0.1) is 0 Å². The molecule has 2 N–H and O–H groups in total. The number of nitrogens with one attached hydrogen (secondary N) is 1. The fraction of sp³-hybridized carbons (Fsp3) is 0.250. The molecule has 0 aliphatic carbocycles. The van der Waals surface area contributed by atoms with E-state index in [0.717, 1.165) is 0 Å². The van der Waals surface area contributed by atoms with E-state index in [1.165, 1.54) is 31.0 Å². The zero-order valence-corrected chi connectivity index (χ0v) is 12.0. The fourth-order valence-corrected chi connectivity index (χ4v) is 1.81. The van der Waals surface area contributed by atoms with Gasteiger partial charge in [-0.1, -0.05) is 15.9 Å². The molecular weight excluding hydrogens is 316 g/mol. The lowest BCUT2D eigenvalue weighted by atomic mass is 10.2. The van der Waals surface area contributed by atoms with Gasteiger partial charge in [-0.2, -0.15) is 0 Å². The number of halogens is 1. The Morgan fingerprint density at radius 1 is 1.32 bits per heavy atom. The van der Waals surface area contributed by atoms with Crippen molar-refractivity contribution in [3.63, 3.8) is 0 Å². The maximum atomic E-state index is 11.7. The zero-order valence-electron chi connectivity index (χ0n) is 10.4. The van der Waals surface area contributed by atoms with Crippen molar-refractivity contribution in [2.24, 2.45) is 0 Å². The van der Waals surface area contributed by atoms with Crippen LogP contribution in [-0.4, -0.2) is 41.4 Å². The number of aromatic carboxylic acids is 1. The number of hydrogen-bond donors (Lipinski definition) is 2. The van der Waals surface area contributed by atoms with Crippen molar-refractivity contribution in [3.8, 4) is 0 Å². The summed E-state index contributed by atoms with van der Waals surface area (Å²) in [6.45, 7) is 1.26. The Morgan fingerprint density at radius 2 is 1.95 bits per heavy atom. The van der Waals surface area contributed by atoms with Crippen molar-refractivity contribution in [1.82, 2.24) is 4.90 Å². The highest BCUT2D eigenvalue weighted by Crippen LogP contribution is 2.19. The van der Waals surface area contributed by atoms with Crippen LogP contribution in [0.5, 0.6) is 0 Å². The van der Waals surface area contributed by atoms with E-state index in [0.29, 0.717) is 10.2 Å². The maximum Gasteiger partial charge on any atom is 0.335 e. The van der Waals surface area contributed by atoms with Crippen LogP contribution in [0.1, 0.15) is 17.3 Å². The molecule has 0 aromatic heterocycles. The largest absolute Gasteiger partial charge is 0.478 e. The second-order valence-corrected chi connectivity index (χ2v) is 4.87. The summed E-state index contributed by atoms with van der Waals surface area (Å²) >= 11 is 3.17. The van der Waals surface area contributed by atoms with Gasteiger partial charge < -0.3 is 15.3 Å². The van der Waals surface area contributed by atoms with E-state index in [2.05, 4.69) is 21.2 Å². The SMILES string of the molecule is CC(=O)N(C)CC(=O)Nc1cc(Br)cc(C(=O)O)c1. The lowest BCUT2D eigenvalue weighted by Gasteiger charge is -2.14. The van der Waals surface area contributed by atoms with Gasteiger partial charge in [0, 0.05) is 24.1 Å². The molecule has 0 unspecified atom stereocenters. The molecule has 0 heterocycles. The van der Waals surface area contributed by atoms with Crippen LogP contribution in [0.2, 0.25) is 0 Å². The average Bonchev–Trinajstić information content (AvgIpc) is 2.27. The lowest BCUT2D eigenvalue weighted by molar-refractivity contribution is -0.131. The summed E-state index contributed by atoms with van der Waals surface area (Å²) in [7, 11) is 1.51. The molecule has 0 atom stereocenters. The van der Waals surface area contributed by atoms with Crippen molar-refractivity contribution in [2.45, 2.75) is 6.92 Å². The van der Waals surface area contributed by atoms with Crippen LogP contribution < -0.4 is 5.32 Å². The topological polar surface area (TPSA) is 86.7 Å². The number of benzene rings is 1. The van der Waals surface area contributed by atoms with Gasteiger partial charge in [-0.15, -0.1) is 0 Å². The molecular formula is C12H13BrN2O4. The van der Waals surface area contributed by atoms with Gasteiger partial charge in [-0.25, -0.2) is 4.79 Å². The number of anilines is 1. The molecule has 0 saturated heterocycles. The van der Waals surface area contributed by atoms with Crippen molar-refractivity contribution < 1.29 is 19.5 Å². The number of amides is 2. The first-order valence-electron chi connectivity index (χ1n) is 5.35. The van der Waals surface area contributed by atoms with Gasteiger partial charge in [0.25, 0.3) is 0 Å². The third-order valence-corrected chi connectivity index (χ3v) is 2.80. The number of nitrogens with zero attached hydrogens (tertiary/aromatic N) is 1. The third-order valence-electron chi connectivity index (χ3n) is 2.35. The molecule has 0 radical (unpaired) electrons. The van der Waals surface area contributed by atoms with Crippen LogP contribution >= 0.6 is 15.9 Å². The van der Waals surface area contributed by atoms with Gasteiger partial charge in [0.2, 0.25) is 11.8 Å². The predicted octanol–water partition coefficient (Wildman–Crippen LogP) is 1.56. The summed E-state index contributed by atoms with van der Waals surface area (Å²) in [4.78, 5) is 34.8. The predicted molar refractivity (Wildman–Crippen MR) is 73.0 cm³/mol. The summed E-state index contributed by atoms with van der Waals surface area (Å²) < 4.78 is 0.544. The van der Waals surface area contributed by atoms with Crippen molar-refractivity contribution in [2.75, 3.05) is 18.9 Å². The fourth-order valence-electron chi connectivity index (χ4n) is 1.31. The Kier molecular flexibility index (Phi) is 5.05. The summed E-state index contributed by atoms with van der Waals surface area (Å²) in [6, 6.07) is 4.36. The van der Waals surface area contributed by atoms with E-state index in [-0.39, 0.29) is 18.0 Å². The van der Waals surface area contributed by atoms with Gasteiger partial charge in [0.1, 0.15) is 0 Å². The Balaban J connectivity index is 2.79. The molecule has 6 nitrogen and oxygen atoms in total. The first kappa shape index (κ1) is 15.2. The highest BCUT2D eigenvalue weighted by molar-refractivity contribution is 9.10. The first-order valence-corrected chi connectivity index (χ1v) is 6.14. The third kappa shape index (κ3) is 4.70.